The van der Waals surface area contributed by atoms with Gasteiger partial charge in [-0.25, -0.2) is 4.79 Å². The van der Waals surface area contributed by atoms with Crippen LogP contribution >= 0.6 is 34.8 Å². The van der Waals surface area contributed by atoms with Crippen molar-refractivity contribution in [2.24, 2.45) is 0 Å². The van der Waals surface area contributed by atoms with Gasteiger partial charge in [-0.15, -0.1) is 0 Å². The van der Waals surface area contributed by atoms with Crippen molar-refractivity contribution >= 4 is 58.5 Å². The van der Waals surface area contributed by atoms with E-state index in [0.29, 0.717) is 42.2 Å². The number of halogens is 3. The van der Waals surface area contributed by atoms with E-state index in [0.717, 1.165) is 11.1 Å². The van der Waals surface area contributed by atoms with Crippen LogP contribution in [-0.2, 0) is 33.8 Å². The molecule has 0 bridgehead atoms. The molecule has 1 heterocycles. The normalized spacial score (nSPS) is 13.2. The van der Waals surface area contributed by atoms with Crippen molar-refractivity contribution in [2.45, 2.75) is 45.3 Å². The van der Waals surface area contributed by atoms with E-state index in [1.54, 1.807) is 35.9 Å². The maximum absolute atomic E-state index is 13.4. The molecule has 0 saturated heterocycles. The predicted molar refractivity (Wildman–Crippen MR) is 166 cm³/mol. The summed E-state index contributed by atoms with van der Waals surface area (Å²) in [4.78, 5) is 55.6. The smallest absolute Gasteiger partial charge is 0.328 e. The Kier molecular flexibility index (Phi) is 11.1. The first-order valence-corrected chi connectivity index (χ1v) is 15.0. The topological polar surface area (TPSA) is 96.0 Å². The molecule has 0 radical (unpaired) electrons. The average Bonchev–Trinajstić information content (AvgIpc) is 2.97. The molecule has 0 saturated carbocycles. The molecular formula is C32H32Cl3N3O5. The lowest BCUT2D eigenvalue weighted by molar-refractivity contribution is -0.145. The molecule has 0 spiro atoms. The zero-order chi connectivity index (χ0) is 31.1. The van der Waals surface area contributed by atoms with E-state index < -0.39 is 17.9 Å². The minimum absolute atomic E-state index is 0.00426. The van der Waals surface area contributed by atoms with Crippen LogP contribution in [-0.4, -0.2) is 59.7 Å². The molecule has 3 amide bonds. The van der Waals surface area contributed by atoms with E-state index in [4.69, 9.17) is 39.5 Å². The summed E-state index contributed by atoms with van der Waals surface area (Å²) in [5, 5.41) is 3.25. The number of carbonyl (C=O) groups excluding carboxylic acids is 4. The molecule has 1 aliphatic heterocycles. The van der Waals surface area contributed by atoms with E-state index in [9.17, 15) is 19.2 Å². The summed E-state index contributed by atoms with van der Waals surface area (Å²) in [5.41, 5.74) is 2.63. The fourth-order valence-corrected chi connectivity index (χ4v) is 5.89. The van der Waals surface area contributed by atoms with Crippen LogP contribution in [0.3, 0.4) is 0 Å². The Balaban J connectivity index is 1.47. The summed E-state index contributed by atoms with van der Waals surface area (Å²) in [6, 6.07) is 17.1. The van der Waals surface area contributed by atoms with Crippen molar-refractivity contribution in [1.29, 1.82) is 0 Å². The number of rotatable bonds is 11. The van der Waals surface area contributed by atoms with Gasteiger partial charge in [-0.05, 0) is 54.7 Å². The lowest BCUT2D eigenvalue weighted by atomic mass is 9.95. The number of hydrogen-bond donors (Lipinski definition) is 1. The van der Waals surface area contributed by atoms with Crippen LogP contribution in [0.4, 0.5) is 0 Å². The minimum atomic E-state index is -1.11. The third-order valence-electron chi connectivity index (χ3n) is 7.17. The zero-order valence-corrected chi connectivity index (χ0v) is 26.1. The summed E-state index contributed by atoms with van der Waals surface area (Å²) in [6.07, 6.45) is 0.414. The molecule has 1 aliphatic rings. The minimum Gasteiger partial charge on any atom is -0.464 e. The molecule has 1 N–H and O–H groups in total. The summed E-state index contributed by atoms with van der Waals surface area (Å²) in [6.45, 7) is 2.90. The predicted octanol–water partition coefficient (Wildman–Crippen LogP) is 5.95. The second-order valence-corrected chi connectivity index (χ2v) is 11.5. The first-order chi connectivity index (χ1) is 20.6. The maximum Gasteiger partial charge on any atom is 0.328 e. The Morgan fingerprint density at radius 3 is 2.44 bits per heavy atom. The maximum atomic E-state index is 13.4. The number of ether oxygens (including phenoxy) is 1. The molecule has 3 aromatic rings. The monoisotopic (exact) mass is 643 g/mol. The van der Waals surface area contributed by atoms with Crippen molar-refractivity contribution in [1.82, 2.24) is 15.1 Å². The largest absolute Gasteiger partial charge is 0.464 e. The number of benzene rings is 3. The van der Waals surface area contributed by atoms with Crippen LogP contribution in [0.1, 0.15) is 57.2 Å². The van der Waals surface area contributed by atoms with E-state index in [2.05, 4.69) is 5.32 Å². The van der Waals surface area contributed by atoms with Crippen molar-refractivity contribution in [2.75, 3.05) is 20.2 Å². The summed E-state index contributed by atoms with van der Waals surface area (Å²) in [7, 11) is 1.68. The molecule has 3 aromatic carbocycles. The van der Waals surface area contributed by atoms with Gasteiger partial charge in [0.25, 0.3) is 11.8 Å². The van der Waals surface area contributed by atoms with Crippen molar-refractivity contribution in [3.05, 3.63) is 104 Å². The molecule has 0 aromatic heterocycles. The van der Waals surface area contributed by atoms with Gasteiger partial charge < -0.3 is 19.9 Å². The third-order valence-corrected chi connectivity index (χ3v) is 8.12. The van der Waals surface area contributed by atoms with Crippen molar-refractivity contribution < 1.29 is 23.9 Å². The van der Waals surface area contributed by atoms with Crippen LogP contribution in [0, 0.1) is 0 Å². The second kappa shape index (κ2) is 14.7. The first kappa shape index (κ1) is 32.3. The number of hydrogen-bond acceptors (Lipinski definition) is 5. The fraction of sp³-hybridized carbons (Fsp3) is 0.312. The Bertz CT molecular complexity index is 1520. The highest BCUT2D eigenvalue weighted by atomic mass is 35.5. The van der Waals surface area contributed by atoms with Crippen LogP contribution in [0.25, 0.3) is 0 Å². The molecule has 0 unspecified atom stereocenters. The van der Waals surface area contributed by atoms with E-state index in [1.807, 2.05) is 42.5 Å². The second-order valence-electron chi connectivity index (χ2n) is 10.2. The van der Waals surface area contributed by atoms with Gasteiger partial charge in [-0.3, -0.25) is 14.4 Å². The van der Waals surface area contributed by atoms with Gasteiger partial charge in [0.15, 0.2) is 0 Å². The molecule has 43 heavy (non-hydrogen) atoms. The van der Waals surface area contributed by atoms with Crippen LogP contribution < -0.4 is 5.32 Å². The Morgan fingerprint density at radius 1 is 1.02 bits per heavy atom. The average molecular weight is 645 g/mol. The Morgan fingerprint density at radius 2 is 1.74 bits per heavy atom. The molecule has 11 heteroatoms. The quantitative estimate of drug-likeness (QED) is 0.261. The number of esters is 1. The molecule has 0 aliphatic carbocycles. The fourth-order valence-electron chi connectivity index (χ4n) is 4.95. The molecule has 4 rings (SSSR count). The van der Waals surface area contributed by atoms with Crippen LogP contribution in [0.15, 0.2) is 60.7 Å². The summed E-state index contributed by atoms with van der Waals surface area (Å²) in [5.74, 6) is -1.83. The lowest BCUT2D eigenvalue weighted by Gasteiger charge is -2.30. The van der Waals surface area contributed by atoms with Crippen LogP contribution in [0.5, 0.6) is 0 Å². The van der Waals surface area contributed by atoms with Crippen molar-refractivity contribution in [3.63, 3.8) is 0 Å². The summed E-state index contributed by atoms with van der Waals surface area (Å²) >= 11 is 19.3. The first-order valence-electron chi connectivity index (χ1n) is 13.9. The number of fused-ring (bicyclic) bond motifs is 1. The highest BCUT2D eigenvalue weighted by Crippen LogP contribution is 2.35. The SMILES string of the molecule is CCOC(=O)[C@H](CCC(=O)N(C)Cc1ccccc1)NC(=O)c1c(Cl)cc2c(c1Cl)CCN(Cc1cccc(Cl)c1)C2=O. The van der Waals surface area contributed by atoms with E-state index >= 15 is 0 Å². The molecular weight excluding hydrogens is 613 g/mol. The van der Waals surface area contributed by atoms with Gasteiger partial charge in [-0.2, -0.15) is 0 Å². The lowest BCUT2D eigenvalue weighted by Crippen LogP contribution is -2.43. The number of nitrogens with zero attached hydrogens (tertiary/aromatic N) is 2. The summed E-state index contributed by atoms with van der Waals surface area (Å²) < 4.78 is 5.16. The van der Waals surface area contributed by atoms with Gasteiger partial charge in [0.1, 0.15) is 6.04 Å². The van der Waals surface area contributed by atoms with Gasteiger partial charge in [-0.1, -0.05) is 77.3 Å². The number of amides is 3. The number of nitrogens with one attached hydrogen (secondary N) is 1. The highest BCUT2D eigenvalue weighted by Gasteiger charge is 2.32. The van der Waals surface area contributed by atoms with Gasteiger partial charge >= 0.3 is 5.97 Å². The van der Waals surface area contributed by atoms with Gasteiger partial charge in [0, 0.05) is 43.7 Å². The van der Waals surface area contributed by atoms with Crippen LogP contribution in [0.2, 0.25) is 15.1 Å². The molecule has 8 nitrogen and oxygen atoms in total. The zero-order valence-electron chi connectivity index (χ0n) is 23.9. The van der Waals surface area contributed by atoms with Gasteiger partial charge in [0.2, 0.25) is 5.91 Å². The van der Waals surface area contributed by atoms with Gasteiger partial charge in [0.05, 0.1) is 22.2 Å². The highest BCUT2D eigenvalue weighted by molar-refractivity contribution is 6.41. The molecule has 226 valence electrons. The Hall–Kier alpha value is -3.59. The van der Waals surface area contributed by atoms with Crippen molar-refractivity contribution in [3.8, 4) is 0 Å². The standard InChI is InChI=1S/C32H32Cl3N3O5/c1-3-43-32(42)26(12-13-27(39)37(2)18-20-8-5-4-6-9-20)36-30(40)28-25(34)17-24-23(29(28)35)14-15-38(31(24)41)19-21-10-7-11-22(33)16-21/h4-11,16-17,26H,3,12-15,18-19H2,1-2H3,(H,36,40)/t26-/m0/s1. The molecule has 1 atom stereocenters. The molecule has 0 fully saturated rings. The van der Waals surface area contributed by atoms with E-state index in [1.165, 1.54) is 6.07 Å². The van der Waals surface area contributed by atoms with E-state index in [-0.39, 0.29) is 46.9 Å². The Labute approximate surface area is 265 Å². The third kappa shape index (κ3) is 8.07. The number of carbonyl (C=O) groups is 4.